The Morgan fingerprint density at radius 2 is 1.89 bits per heavy atom. The summed E-state index contributed by atoms with van der Waals surface area (Å²) in [6.45, 7) is 0.636. The minimum Gasteiger partial charge on any atom is -0.387 e. The van der Waals surface area contributed by atoms with Crippen molar-refractivity contribution < 1.29 is 13.9 Å². The second-order valence-corrected chi connectivity index (χ2v) is 6.54. The lowest BCUT2D eigenvalue weighted by Crippen LogP contribution is -2.22. The first kappa shape index (κ1) is 14.6. The fourth-order valence-corrected chi connectivity index (χ4v) is 3.16. The first-order chi connectivity index (χ1) is 9.08. The van der Waals surface area contributed by atoms with Gasteiger partial charge < -0.3 is 10.4 Å². The largest absolute Gasteiger partial charge is 0.387 e. The number of halogens is 3. The quantitative estimate of drug-likeness (QED) is 0.865. The molecule has 0 aliphatic rings. The van der Waals surface area contributed by atoms with Gasteiger partial charge in [-0.05, 0) is 40.2 Å². The lowest BCUT2D eigenvalue weighted by Gasteiger charge is -2.13. The Morgan fingerprint density at radius 1 is 1.21 bits per heavy atom. The zero-order valence-corrected chi connectivity index (χ0v) is 12.3. The van der Waals surface area contributed by atoms with Gasteiger partial charge in [-0.3, -0.25) is 0 Å². The lowest BCUT2D eigenvalue weighted by atomic mass is 10.1. The molecule has 6 heteroatoms. The number of rotatable bonds is 5. The van der Waals surface area contributed by atoms with Gasteiger partial charge in [0.2, 0.25) is 0 Å². The summed E-state index contributed by atoms with van der Waals surface area (Å²) in [6, 6.07) is 7.42. The van der Waals surface area contributed by atoms with Crippen molar-refractivity contribution in [1.82, 2.24) is 5.32 Å². The molecule has 2 N–H and O–H groups in total. The summed E-state index contributed by atoms with van der Waals surface area (Å²) in [5, 5.41) is 12.8. The average Bonchev–Trinajstić information content (AvgIpc) is 2.75. The van der Waals surface area contributed by atoms with E-state index in [-0.39, 0.29) is 12.1 Å². The molecular formula is C13H12BrF2NOS. The molecule has 102 valence electrons. The van der Waals surface area contributed by atoms with Gasteiger partial charge in [0.05, 0.1) is 15.5 Å². The summed E-state index contributed by atoms with van der Waals surface area (Å²) in [6.07, 6.45) is -1.20. The zero-order chi connectivity index (χ0) is 13.8. The van der Waals surface area contributed by atoms with E-state index in [1.54, 1.807) is 11.3 Å². The maximum absolute atomic E-state index is 13.4. The molecule has 0 radical (unpaired) electrons. The molecule has 2 rings (SSSR count). The Kier molecular flexibility index (Phi) is 5.04. The minimum absolute atomic E-state index is 0.0906. The van der Waals surface area contributed by atoms with Crippen LogP contribution in [-0.4, -0.2) is 11.7 Å². The summed E-state index contributed by atoms with van der Waals surface area (Å²) < 4.78 is 27.9. The SMILES string of the molecule is OC(CNCc1ccc(Br)s1)c1c(F)cccc1F. The third-order valence-corrected chi connectivity index (χ3v) is 4.22. The highest BCUT2D eigenvalue weighted by Gasteiger charge is 2.17. The highest BCUT2D eigenvalue weighted by Crippen LogP contribution is 2.23. The Bertz CT molecular complexity index is 541. The van der Waals surface area contributed by atoms with Crippen molar-refractivity contribution in [1.29, 1.82) is 0 Å². The van der Waals surface area contributed by atoms with Crippen LogP contribution >= 0.6 is 27.3 Å². The Balaban J connectivity index is 1.92. The molecule has 2 aromatic rings. The molecule has 1 aromatic heterocycles. The average molecular weight is 348 g/mol. The van der Waals surface area contributed by atoms with E-state index < -0.39 is 17.7 Å². The molecule has 0 saturated carbocycles. The van der Waals surface area contributed by atoms with Crippen LogP contribution in [0.2, 0.25) is 0 Å². The van der Waals surface area contributed by atoms with Crippen LogP contribution in [0.4, 0.5) is 8.78 Å². The predicted molar refractivity (Wildman–Crippen MR) is 75.0 cm³/mol. The van der Waals surface area contributed by atoms with Crippen molar-refractivity contribution in [2.24, 2.45) is 0 Å². The van der Waals surface area contributed by atoms with E-state index in [1.165, 1.54) is 6.07 Å². The molecular weight excluding hydrogens is 336 g/mol. The molecule has 1 heterocycles. The second kappa shape index (κ2) is 6.56. The van der Waals surface area contributed by atoms with Crippen LogP contribution in [0.3, 0.4) is 0 Å². The summed E-state index contributed by atoms with van der Waals surface area (Å²) in [4.78, 5) is 1.08. The third kappa shape index (κ3) is 3.82. The van der Waals surface area contributed by atoms with Crippen molar-refractivity contribution in [3.8, 4) is 0 Å². The van der Waals surface area contributed by atoms with Crippen LogP contribution in [0.25, 0.3) is 0 Å². The summed E-state index contributed by atoms with van der Waals surface area (Å²) in [5.74, 6) is -1.46. The van der Waals surface area contributed by atoms with Gasteiger partial charge in [0.25, 0.3) is 0 Å². The predicted octanol–water partition coefficient (Wildman–Crippen LogP) is 3.61. The minimum atomic E-state index is -1.20. The van der Waals surface area contributed by atoms with Gasteiger partial charge in [-0.25, -0.2) is 8.78 Å². The normalized spacial score (nSPS) is 12.6. The van der Waals surface area contributed by atoms with Gasteiger partial charge in [0.1, 0.15) is 11.6 Å². The topological polar surface area (TPSA) is 32.3 Å². The highest BCUT2D eigenvalue weighted by atomic mass is 79.9. The third-order valence-electron chi connectivity index (χ3n) is 2.60. The van der Waals surface area contributed by atoms with Crippen LogP contribution in [0.5, 0.6) is 0 Å². The van der Waals surface area contributed by atoms with E-state index >= 15 is 0 Å². The van der Waals surface area contributed by atoms with Crippen molar-refractivity contribution >= 4 is 27.3 Å². The van der Waals surface area contributed by atoms with Gasteiger partial charge in [-0.2, -0.15) is 0 Å². The van der Waals surface area contributed by atoms with E-state index in [4.69, 9.17) is 0 Å². The van der Waals surface area contributed by atoms with Crippen molar-refractivity contribution in [3.63, 3.8) is 0 Å². The number of hydrogen-bond donors (Lipinski definition) is 2. The van der Waals surface area contributed by atoms with Crippen LogP contribution < -0.4 is 5.32 Å². The van der Waals surface area contributed by atoms with Gasteiger partial charge in [0, 0.05) is 18.0 Å². The standard InChI is InChI=1S/C13H12BrF2NOS/c14-12-5-4-8(19-12)6-17-7-11(18)13-9(15)2-1-3-10(13)16/h1-5,11,17-18H,6-7H2. The first-order valence-corrected chi connectivity index (χ1v) is 7.26. The molecule has 0 saturated heterocycles. The van der Waals surface area contributed by atoms with Crippen LogP contribution in [0.15, 0.2) is 34.1 Å². The monoisotopic (exact) mass is 347 g/mol. The van der Waals surface area contributed by atoms with E-state index in [2.05, 4.69) is 21.2 Å². The van der Waals surface area contributed by atoms with Gasteiger partial charge in [-0.15, -0.1) is 11.3 Å². The number of aliphatic hydroxyl groups excluding tert-OH is 1. The number of nitrogens with one attached hydrogen (secondary N) is 1. The highest BCUT2D eigenvalue weighted by molar-refractivity contribution is 9.11. The van der Waals surface area contributed by atoms with Crippen molar-refractivity contribution in [3.05, 3.63) is 56.2 Å². The molecule has 2 nitrogen and oxygen atoms in total. The van der Waals surface area contributed by atoms with Crippen molar-refractivity contribution in [2.75, 3.05) is 6.54 Å². The van der Waals surface area contributed by atoms with Crippen molar-refractivity contribution in [2.45, 2.75) is 12.6 Å². The van der Waals surface area contributed by atoms with E-state index in [0.717, 1.165) is 20.8 Å². The molecule has 1 atom stereocenters. The van der Waals surface area contributed by atoms with E-state index in [9.17, 15) is 13.9 Å². The molecule has 0 spiro atoms. The van der Waals surface area contributed by atoms with Crippen LogP contribution in [0, 0.1) is 11.6 Å². The fourth-order valence-electron chi connectivity index (χ4n) is 1.71. The number of benzene rings is 1. The maximum atomic E-state index is 13.4. The number of hydrogen-bond acceptors (Lipinski definition) is 3. The van der Waals surface area contributed by atoms with Crippen LogP contribution in [0.1, 0.15) is 16.5 Å². The molecule has 0 bridgehead atoms. The van der Waals surface area contributed by atoms with Gasteiger partial charge in [0.15, 0.2) is 0 Å². The Hall–Kier alpha value is -0.820. The van der Waals surface area contributed by atoms with E-state index in [0.29, 0.717) is 6.54 Å². The zero-order valence-electron chi connectivity index (χ0n) is 9.87. The van der Waals surface area contributed by atoms with Gasteiger partial charge >= 0.3 is 0 Å². The molecule has 0 amide bonds. The molecule has 1 aromatic carbocycles. The van der Waals surface area contributed by atoms with Crippen LogP contribution in [-0.2, 0) is 6.54 Å². The first-order valence-electron chi connectivity index (χ1n) is 5.65. The molecule has 19 heavy (non-hydrogen) atoms. The Morgan fingerprint density at radius 3 is 2.47 bits per heavy atom. The molecule has 1 unspecified atom stereocenters. The maximum Gasteiger partial charge on any atom is 0.131 e. The summed E-state index contributed by atoms with van der Waals surface area (Å²) in [7, 11) is 0. The second-order valence-electron chi connectivity index (χ2n) is 3.99. The molecule has 0 fully saturated rings. The molecule has 0 aliphatic heterocycles. The fraction of sp³-hybridized carbons (Fsp3) is 0.231. The summed E-state index contributed by atoms with van der Waals surface area (Å²) >= 11 is 4.92. The number of aliphatic hydroxyl groups is 1. The van der Waals surface area contributed by atoms with Gasteiger partial charge in [-0.1, -0.05) is 6.07 Å². The lowest BCUT2D eigenvalue weighted by molar-refractivity contribution is 0.165. The number of thiophene rings is 1. The van der Waals surface area contributed by atoms with E-state index in [1.807, 2.05) is 12.1 Å². The smallest absolute Gasteiger partial charge is 0.131 e. The molecule has 0 aliphatic carbocycles. The Labute approximate surface area is 122 Å². The summed E-state index contributed by atoms with van der Waals surface area (Å²) in [5.41, 5.74) is -0.289.